The largest absolute Gasteiger partial charge is 0.359 e. The molecule has 3 aromatic rings. The second kappa shape index (κ2) is 7.00. The third-order valence-electron chi connectivity index (χ3n) is 4.70. The van der Waals surface area contributed by atoms with Gasteiger partial charge in [0.2, 0.25) is 0 Å². The van der Waals surface area contributed by atoms with Gasteiger partial charge in [-0.15, -0.1) is 0 Å². The molecule has 130 valence electrons. The van der Waals surface area contributed by atoms with Crippen molar-refractivity contribution in [1.29, 1.82) is 0 Å². The van der Waals surface area contributed by atoms with Crippen molar-refractivity contribution in [1.82, 2.24) is 9.88 Å². The molecule has 2 heterocycles. The molecule has 1 amide bonds. The van der Waals surface area contributed by atoms with Gasteiger partial charge in [-0.1, -0.05) is 48.5 Å². The van der Waals surface area contributed by atoms with Gasteiger partial charge in [-0.2, -0.15) is 0 Å². The van der Waals surface area contributed by atoms with Crippen LogP contribution in [-0.4, -0.2) is 22.3 Å². The number of anilines is 1. The van der Waals surface area contributed by atoms with Crippen molar-refractivity contribution in [2.75, 3.05) is 11.9 Å². The molecule has 4 heteroatoms. The summed E-state index contributed by atoms with van der Waals surface area (Å²) in [5, 5.41) is 3.50. The van der Waals surface area contributed by atoms with E-state index < -0.39 is 0 Å². The fraction of sp³-hybridized carbons (Fsp3) is 0.182. The Hall–Kier alpha value is -3.14. The van der Waals surface area contributed by atoms with E-state index in [-0.39, 0.29) is 12.1 Å². The first-order chi connectivity index (χ1) is 12.7. The van der Waals surface area contributed by atoms with Crippen molar-refractivity contribution < 1.29 is 4.79 Å². The monoisotopic (exact) mass is 343 g/mol. The van der Waals surface area contributed by atoms with E-state index in [2.05, 4.69) is 22.4 Å². The maximum Gasteiger partial charge on any atom is 0.257 e. The van der Waals surface area contributed by atoms with Gasteiger partial charge in [0.05, 0.1) is 11.3 Å². The van der Waals surface area contributed by atoms with E-state index >= 15 is 0 Å². The molecule has 2 aromatic carbocycles. The maximum atomic E-state index is 13.2. The van der Waals surface area contributed by atoms with Crippen LogP contribution < -0.4 is 5.32 Å². The first kappa shape index (κ1) is 16.3. The zero-order chi connectivity index (χ0) is 17.9. The highest BCUT2D eigenvalue weighted by molar-refractivity contribution is 6.01. The van der Waals surface area contributed by atoms with Gasteiger partial charge >= 0.3 is 0 Å². The van der Waals surface area contributed by atoms with Crippen molar-refractivity contribution >= 4 is 11.6 Å². The molecular weight excluding hydrogens is 322 g/mol. The van der Waals surface area contributed by atoms with Crippen LogP contribution in [0.2, 0.25) is 0 Å². The number of rotatable bonds is 4. The predicted molar refractivity (Wildman–Crippen MR) is 103 cm³/mol. The highest BCUT2D eigenvalue weighted by Crippen LogP contribution is 2.32. The number of carbonyl (C=O) groups is 1. The molecule has 0 unspecified atom stereocenters. The molecule has 0 saturated carbocycles. The second-order valence-electron chi connectivity index (χ2n) is 6.53. The van der Waals surface area contributed by atoms with Gasteiger partial charge in [0.25, 0.3) is 5.91 Å². The lowest BCUT2D eigenvalue weighted by molar-refractivity contribution is 0.0682. The summed E-state index contributed by atoms with van der Waals surface area (Å²) in [4.78, 5) is 19.7. The minimum Gasteiger partial charge on any atom is -0.359 e. The maximum absolute atomic E-state index is 13.2. The molecule has 0 aliphatic carbocycles. The number of para-hydroxylation sites is 1. The molecule has 0 bridgehead atoms. The van der Waals surface area contributed by atoms with E-state index in [0.717, 1.165) is 23.5 Å². The van der Waals surface area contributed by atoms with Gasteiger partial charge < -0.3 is 10.2 Å². The quantitative estimate of drug-likeness (QED) is 0.772. The molecule has 0 spiro atoms. The third kappa shape index (κ3) is 3.18. The van der Waals surface area contributed by atoms with Crippen LogP contribution in [0.15, 0.2) is 72.8 Å². The highest BCUT2D eigenvalue weighted by Gasteiger charge is 2.33. The molecule has 1 N–H and O–H groups in total. The number of nitrogens with zero attached hydrogens (tertiary/aromatic N) is 2. The number of hydrogen-bond donors (Lipinski definition) is 1. The topological polar surface area (TPSA) is 45.2 Å². The van der Waals surface area contributed by atoms with Crippen LogP contribution in [0.4, 0.5) is 5.69 Å². The number of carbonyl (C=O) groups excluding carboxylic acids is 1. The lowest BCUT2D eigenvalue weighted by Crippen LogP contribution is -2.44. The van der Waals surface area contributed by atoms with Crippen LogP contribution in [0.1, 0.15) is 33.5 Å². The average molecular weight is 343 g/mol. The molecule has 0 fully saturated rings. The summed E-state index contributed by atoms with van der Waals surface area (Å²) in [6, 6.07) is 23.8. The lowest BCUT2D eigenvalue weighted by Gasteiger charge is -2.37. The number of hydrogen-bond acceptors (Lipinski definition) is 3. The third-order valence-corrected chi connectivity index (χ3v) is 4.70. The molecule has 26 heavy (non-hydrogen) atoms. The first-order valence-corrected chi connectivity index (χ1v) is 8.86. The Bertz CT molecular complexity index is 923. The Morgan fingerprint density at radius 3 is 2.54 bits per heavy atom. The number of pyridine rings is 1. The average Bonchev–Trinajstić information content (AvgIpc) is 2.68. The number of aromatic nitrogens is 1. The molecule has 1 aromatic heterocycles. The molecule has 4 rings (SSSR count). The summed E-state index contributed by atoms with van der Waals surface area (Å²) in [5.41, 5.74) is 4.60. The van der Waals surface area contributed by atoms with Crippen LogP contribution in [0.3, 0.4) is 0 Å². The van der Waals surface area contributed by atoms with E-state index in [1.54, 1.807) is 0 Å². The molecule has 1 aliphatic rings. The van der Waals surface area contributed by atoms with E-state index in [9.17, 15) is 4.79 Å². The fourth-order valence-corrected chi connectivity index (χ4v) is 3.37. The van der Waals surface area contributed by atoms with E-state index in [1.165, 1.54) is 5.56 Å². The molecule has 4 nitrogen and oxygen atoms in total. The van der Waals surface area contributed by atoms with Crippen molar-refractivity contribution in [2.24, 2.45) is 0 Å². The second-order valence-corrected chi connectivity index (χ2v) is 6.53. The standard InChI is InChI=1S/C22H21N3O/c1-16-8-7-13-20(23-16)21-24-19-12-6-5-11-18(19)22(26)25(21)15-14-17-9-3-2-4-10-17/h2-13,21,24H,14-15H2,1H3/t21-/m1/s1. The van der Waals surface area contributed by atoms with E-state index in [1.807, 2.05) is 72.5 Å². The molecule has 1 atom stereocenters. The van der Waals surface area contributed by atoms with Gasteiger partial charge in [-0.05, 0) is 43.2 Å². The summed E-state index contributed by atoms with van der Waals surface area (Å²) in [6.45, 7) is 2.60. The normalized spacial score (nSPS) is 16.1. The zero-order valence-corrected chi connectivity index (χ0v) is 14.7. The molecular formula is C22H21N3O. The molecule has 0 radical (unpaired) electrons. The first-order valence-electron chi connectivity index (χ1n) is 8.86. The fourth-order valence-electron chi connectivity index (χ4n) is 3.37. The summed E-state index contributed by atoms with van der Waals surface area (Å²) in [6.07, 6.45) is 0.541. The van der Waals surface area contributed by atoms with Gasteiger partial charge in [0, 0.05) is 17.9 Å². The summed E-state index contributed by atoms with van der Waals surface area (Å²) < 4.78 is 0. The summed E-state index contributed by atoms with van der Waals surface area (Å²) in [7, 11) is 0. The van der Waals surface area contributed by atoms with Crippen LogP contribution in [-0.2, 0) is 6.42 Å². The number of aryl methyl sites for hydroxylation is 1. The van der Waals surface area contributed by atoms with Crippen LogP contribution >= 0.6 is 0 Å². The highest BCUT2D eigenvalue weighted by atomic mass is 16.2. The van der Waals surface area contributed by atoms with Crippen LogP contribution in [0.5, 0.6) is 0 Å². The van der Waals surface area contributed by atoms with Crippen molar-refractivity contribution in [3.63, 3.8) is 0 Å². The zero-order valence-electron chi connectivity index (χ0n) is 14.7. The van der Waals surface area contributed by atoms with Crippen molar-refractivity contribution in [2.45, 2.75) is 19.5 Å². The minimum absolute atomic E-state index is 0.0450. The van der Waals surface area contributed by atoms with Gasteiger partial charge in [-0.25, -0.2) is 0 Å². The minimum atomic E-state index is -0.263. The van der Waals surface area contributed by atoms with Crippen LogP contribution in [0.25, 0.3) is 0 Å². The van der Waals surface area contributed by atoms with Crippen molar-refractivity contribution in [3.8, 4) is 0 Å². The summed E-state index contributed by atoms with van der Waals surface area (Å²) >= 11 is 0. The van der Waals surface area contributed by atoms with Crippen molar-refractivity contribution in [3.05, 3.63) is 95.3 Å². The smallest absolute Gasteiger partial charge is 0.257 e. The Balaban J connectivity index is 1.68. The predicted octanol–water partition coefficient (Wildman–Crippen LogP) is 4.20. The molecule has 1 aliphatic heterocycles. The SMILES string of the molecule is Cc1cccc([C@@H]2Nc3ccccc3C(=O)N2CCc2ccccc2)n1. The Kier molecular flexibility index (Phi) is 4.40. The van der Waals surface area contributed by atoms with Crippen LogP contribution in [0, 0.1) is 6.92 Å². The Labute approximate surface area is 153 Å². The summed E-state index contributed by atoms with van der Waals surface area (Å²) in [5.74, 6) is 0.0450. The Morgan fingerprint density at radius 1 is 0.962 bits per heavy atom. The lowest BCUT2D eigenvalue weighted by atomic mass is 10.0. The Morgan fingerprint density at radius 2 is 1.73 bits per heavy atom. The van der Waals surface area contributed by atoms with Gasteiger partial charge in [-0.3, -0.25) is 9.78 Å². The number of nitrogens with one attached hydrogen (secondary N) is 1. The van der Waals surface area contributed by atoms with Gasteiger partial charge in [0.15, 0.2) is 0 Å². The van der Waals surface area contributed by atoms with E-state index in [0.29, 0.717) is 12.1 Å². The number of amides is 1. The number of benzene rings is 2. The van der Waals surface area contributed by atoms with Gasteiger partial charge in [0.1, 0.15) is 6.17 Å². The molecule has 0 saturated heterocycles. The number of fused-ring (bicyclic) bond motifs is 1. The van der Waals surface area contributed by atoms with E-state index in [4.69, 9.17) is 0 Å².